The van der Waals surface area contributed by atoms with Crippen molar-refractivity contribution in [3.8, 4) is 0 Å². The van der Waals surface area contributed by atoms with Crippen LogP contribution in [0.5, 0.6) is 0 Å². The molecule has 1 saturated heterocycles. The molecule has 0 spiro atoms. The number of hydrogen-bond acceptors (Lipinski definition) is 4. The van der Waals surface area contributed by atoms with Crippen molar-refractivity contribution in [3.63, 3.8) is 0 Å². The minimum absolute atomic E-state index is 0.169. The molecule has 0 aromatic heterocycles. The number of anilines is 1. The summed E-state index contributed by atoms with van der Waals surface area (Å²) in [4.78, 5) is 51.6. The van der Waals surface area contributed by atoms with E-state index in [4.69, 9.17) is 0 Å². The number of carbonyl (C=O) groups excluding carboxylic acids is 4. The number of nitrogens with one attached hydrogen (secondary N) is 1. The van der Waals surface area contributed by atoms with Crippen LogP contribution in [0.2, 0.25) is 0 Å². The van der Waals surface area contributed by atoms with Crippen LogP contribution >= 0.6 is 0 Å². The number of allylic oxidation sites excluding steroid dienone is 1. The fourth-order valence-corrected chi connectivity index (χ4v) is 3.94. The summed E-state index contributed by atoms with van der Waals surface area (Å²) in [5, 5.41) is 2.82. The Labute approximate surface area is 177 Å². The Morgan fingerprint density at radius 1 is 1.10 bits per heavy atom. The predicted octanol–water partition coefficient (Wildman–Crippen LogP) is 3.74. The zero-order valence-electron chi connectivity index (χ0n) is 17.9. The fraction of sp³-hybridized carbons (Fsp3) is 0.478. The predicted molar refractivity (Wildman–Crippen MR) is 114 cm³/mol. The highest BCUT2D eigenvalue weighted by atomic mass is 16.2. The van der Waals surface area contributed by atoms with Crippen molar-refractivity contribution in [2.24, 2.45) is 0 Å². The summed E-state index contributed by atoms with van der Waals surface area (Å²) in [5.41, 5.74) is 3.77. The van der Waals surface area contributed by atoms with Crippen molar-refractivity contribution >= 4 is 29.4 Å². The first-order chi connectivity index (χ1) is 14.3. The highest BCUT2D eigenvalue weighted by Crippen LogP contribution is 2.27. The van der Waals surface area contributed by atoms with Crippen LogP contribution in [0.3, 0.4) is 0 Å². The van der Waals surface area contributed by atoms with Crippen molar-refractivity contribution < 1.29 is 19.2 Å². The number of urea groups is 1. The molecule has 1 fully saturated rings. The van der Waals surface area contributed by atoms with E-state index >= 15 is 0 Å². The molecule has 1 aliphatic carbocycles. The summed E-state index contributed by atoms with van der Waals surface area (Å²) in [6.07, 6.45) is 6.97. The molecule has 1 aliphatic heterocycles. The lowest BCUT2D eigenvalue weighted by Crippen LogP contribution is -2.39. The Bertz CT molecular complexity index is 904. The molecule has 2 aliphatic rings. The normalized spacial score (nSPS) is 17.1. The zero-order valence-corrected chi connectivity index (χ0v) is 17.9. The third-order valence-electron chi connectivity index (χ3n) is 5.67. The summed E-state index contributed by atoms with van der Waals surface area (Å²) >= 11 is 0. The summed E-state index contributed by atoms with van der Waals surface area (Å²) in [5.74, 6) is -2.11. The van der Waals surface area contributed by atoms with Crippen molar-refractivity contribution in [2.75, 3.05) is 18.4 Å². The number of para-hydroxylation sites is 1. The standard InChI is InChI=1S/C23H29N3O4/c1-15(2)18-11-7-8-16(3)20(18)24-19(27)14-26-22(29)21(28)25(23(26)30)13-12-17-9-5-4-6-10-17/h7-9,11,15H,4-6,10,12-14H2,1-3H3,(H,24,27). The van der Waals surface area contributed by atoms with E-state index in [-0.39, 0.29) is 12.5 Å². The Balaban J connectivity index is 1.66. The molecule has 30 heavy (non-hydrogen) atoms. The van der Waals surface area contributed by atoms with Gasteiger partial charge in [-0.3, -0.25) is 19.3 Å². The minimum atomic E-state index is -0.943. The van der Waals surface area contributed by atoms with Crippen molar-refractivity contribution in [1.29, 1.82) is 0 Å². The number of carbonyl (C=O) groups is 4. The van der Waals surface area contributed by atoms with Crippen LogP contribution in [0.1, 0.15) is 63.0 Å². The third kappa shape index (κ3) is 4.61. The number of nitrogens with zero attached hydrogens (tertiary/aromatic N) is 2. The lowest BCUT2D eigenvalue weighted by molar-refractivity contribution is -0.143. The Kier molecular flexibility index (Phi) is 6.70. The maximum atomic E-state index is 12.6. The van der Waals surface area contributed by atoms with Crippen molar-refractivity contribution in [3.05, 3.63) is 41.0 Å². The van der Waals surface area contributed by atoms with Gasteiger partial charge in [0.05, 0.1) is 0 Å². The second-order valence-corrected chi connectivity index (χ2v) is 8.23. The van der Waals surface area contributed by atoms with Crippen molar-refractivity contribution in [2.45, 2.75) is 58.8 Å². The number of benzene rings is 1. The van der Waals surface area contributed by atoms with Gasteiger partial charge in [0.1, 0.15) is 6.54 Å². The van der Waals surface area contributed by atoms with Gasteiger partial charge in [0.25, 0.3) is 0 Å². The zero-order chi connectivity index (χ0) is 21.8. The lowest BCUT2D eigenvalue weighted by atomic mass is 9.97. The third-order valence-corrected chi connectivity index (χ3v) is 5.67. The van der Waals surface area contributed by atoms with E-state index in [1.54, 1.807) is 0 Å². The van der Waals surface area contributed by atoms with Gasteiger partial charge >= 0.3 is 17.8 Å². The van der Waals surface area contributed by atoms with Gasteiger partial charge in [0.2, 0.25) is 5.91 Å². The molecule has 0 saturated carbocycles. The molecule has 1 aromatic carbocycles. The molecule has 3 rings (SSSR count). The van der Waals surface area contributed by atoms with E-state index < -0.39 is 30.3 Å². The Morgan fingerprint density at radius 3 is 2.50 bits per heavy atom. The molecule has 7 nitrogen and oxygen atoms in total. The first-order valence-electron chi connectivity index (χ1n) is 10.5. The van der Waals surface area contributed by atoms with Crippen molar-refractivity contribution in [1.82, 2.24) is 9.80 Å². The fourth-order valence-electron chi connectivity index (χ4n) is 3.94. The van der Waals surface area contributed by atoms with Crippen LogP contribution in [-0.4, -0.2) is 46.6 Å². The van der Waals surface area contributed by atoms with Gasteiger partial charge in [0.15, 0.2) is 0 Å². The van der Waals surface area contributed by atoms with Gasteiger partial charge in [-0.1, -0.05) is 43.7 Å². The van der Waals surface area contributed by atoms with E-state index in [2.05, 4.69) is 11.4 Å². The van der Waals surface area contributed by atoms with Crippen LogP contribution in [0, 0.1) is 6.92 Å². The highest BCUT2D eigenvalue weighted by Gasteiger charge is 2.45. The number of imide groups is 2. The summed E-state index contributed by atoms with van der Waals surface area (Å²) < 4.78 is 0. The van der Waals surface area contributed by atoms with Crippen LogP contribution in [0.25, 0.3) is 0 Å². The average molecular weight is 412 g/mol. The monoisotopic (exact) mass is 411 g/mol. The van der Waals surface area contributed by atoms with E-state index in [1.807, 2.05) is 39.0 Å². The molecule has 0 radical (unpaired) electrons. The second kappa shape index (κ2) is 9.24. The molecule has 1 heterocycles. The maximum Gasteiger partial charge on any atom is 0.334 e. The first kappa shape index (κ1) is 21.7. The Hall–Kier alpha value is -2.96. The van der Waals surface area contributed by atoms with E-state index in [9.17, 15) is 19.2 Å². The second-order valence-electron chi connectivity index (χ2n) is 8.23. The quantitative estimate of drug-likeness (QED) is 0.421. The van der Waals surface area contributed by atoms with Crippen LogP contribution < -0.4 is 5.32 Å². The molecule has 1 aromatic rings. The lowest BCUT2D eigenvalue weighted by Gasteiger charge is -2.19. The molecule has 1 N–H and O–H groups in total. The number of amides is 5. The largest absolute Gasteiger partial charge is 0.334 e. The van der Waals surface area contributed by atoms with E-state index in [1.165, 1.54) is 5.57 Å². The summed E-state index contributed by atoms with van der Waals surface area (Å²) in [6, 6.07) is 5.03. The highest BCUT2D eigenvalue weighted by molar-refractivity contribution is 6.45. The van der Waals surface area contributed by atoms with E-state index in [0.29, 0.717) is 12.1 Å². The van der Waals surface area contributed by atoms with E-state index in [0.717, 1.165) is 46.6 Å². The molecular weight excluding hydrogens is 382 g/mol. The van der Waals surface area contributed by atoms with Crippen LogP contribution in [0.4, 0.5) is 10.5 Å². The maximum absolute atomic E-state index is 12.6. The van der Waals surface area contributed by atoms with Gasteiger partial charge in [-0.15, -0.1) is 0 Å². The molecule has 7 heteroatoms. The number of aryl methyl sites for hydroxylation is 1. The molecule has 0 atom stereocenters. The topological polar surface area (TPSA) is 86.8 Å². The summed E-state index contributed by atoms with van der Waals surface area (Å²) in [7, 11) is 0. The molecule has 0 unspecified atom stereocenters. The average Bonchev–Trinajstić information content (AvgIpc) is 2.91. The van der Waals surface area contributed by atoms with Gasteiger partial charge < -0.3 is 5.32 Å². The minimum Gasteiger partial charge on any atom is -0.324 e. The molecule has 160 valence electrons. The first-order valence-corrected chi connectivity index (χ1v) is 10.5. The van der Waals surface area contributed by atoms with Gasteiger partial charge in [-0.05, 0) is 56.1 Å². The van der Waals surface area contributed by atoms with Crippen LogP contribution in [0.15, 0.2) is 29.8 Å². The molecular formula is C23H29N3O4. The number of rotatable bonds is 7. The van der Waals surface area contributed by atoms with Gasteiger partial charge in [-0.25, -0.2) is 9.69 Å². The molecule has 0 bridgehead atoms. The molecule has 5 amide bonds. The smallest absolute Gasteiger partial charge is 0.324 e. The van der Waals surface area contributed by atoms with Gasteiger partial charge in [-0.2, -0.15) is 0 Å². The Morgan fingerprint density at radius 2 is 1.83 bits per heavy atom. The van der Waals surface area contributed by atoms with Crippen LogP contribution in [-0.2, 0) is 14.4 Å². The summed E-state index contributed by atoms with van der Waals surface area (Å²) in [6.45, 7) is 5.63. The van der Waals surface area contributed by atoms with Gasteiger partial charge in [0, 0.05) is 12.2 Å². The number of hydrogen-bond donors (Lipinski definition) is 1. The SMILES string of the molecule is Cc1cccc(C(C)C)c1NC(=O)CN1C(=O)C(=O)N(CCC2=CCCCC2)C1=O.